The highest BCUT2D eigenvalue weighted by Crippen LogP contribution is 2.22. The van der Waals surface area contributed by atoms with Gasteiger partial charge >= 0.3 is 0 Å². The first-order valence-electron chi connectivity index (χ1n) is 7.15. The van der Waals surface area contributed by atoms with Gasteiger partial charge in [-0.25, -0.2) is 0 Å². The van der Waals surface area contributed by atoms with Gasteiger partial charge in [0.15, 0.2) is 0 Å². The molecule has 0 radical (unpaired) electrons. The van der Waals surface area contributed by atoms with E-state index in [1.54, 1.807) is 6.20 Å². The number of rotatable bonds is 5. The molecule has 3 aromatic rings. The number of aromatic nitrogens is 1. The SMILES string of the molecule is c1ccc(C(NCc2cccnc2)c2ccccc2)cc1. The number of benzene rings is 2. The average Bonchev–Trinajstić information content (AvgIpc) is 2.58. The van der Waals surface area contributed by atoms with Gasteiger partial charge in [0, 0.05) is 18.9 Å². The number of hydrogen-bond donors (Lipinski definition) is 1. The van der Waals surface area contributed by atoms with Crippen molar-refractivity contribution in [1.82, 2.24) is 10.3 Å². The zero-order valence-corrected chi connectivity index (χ0v) is 11.8. The van der Waals surface area contributed by atoms with Gasteiger partial charge in [-0.2, -0.15) is 0 Å². The first-order valence-corrected chi connectivity index (χ1v) is 7.15. The molecular weight excluding hydrogens is 256 g/mol. The second kappa shape index (κ2) is 6.82. The van der Waals surface area contributed by atoms with Gasteiger partial charge in [-0.15, -0.1) is 0 Å². The van der Waals surface area contributed by atoms with Crippen LogP contribution in [0.4, 0.5) is 0 Å². The summed E-state index contributed by atoms with van der Waals surface area (Å²) in [5.41, 5.74) is 3.73. The van der Waals surface area contributed by atoms with E-state index >= 15 is 0 Å². The van der Waals surface area contributed by atoms with Gasteiger partial charge in [0.05, 0.1) is 6.04 Å². The van der Waals surface area contributed by atoms with E-state index in [2.05, 4.69) is 64.9 Å². The Morgan fingerprint density at radius 2 is 1.38 bits per heavy atom. The summed E-state index contributed by atoms with van der Waals surface area (Å²) in [6.45, 7) is 0.794. The molecular formula is C19H18N2. The van der Waals surface area contributed by atoms with Crippen LogP contribution in [0, 0.1) is 0 Å². The number of pyridine rings is 1. The van der Waals surface area contributed by atoms with Crippen molar-refractivity contribution in [2.24, 2.45) is 0 Å². The van der Waals surface area contributed by atoms with Crippen LogP contribution in [-0.2, 0) is 6.54 Å². The molecule has 0 aliphatic carbocycles. The summed E-state index contributed by atoms with van der Waals surface area (Å²) in [5.74, 6) is 0. The van der Waals surface area contributed by atoms with Crippen molar-refractivity contribution in [2.75, 3.05) is 0 Å². The van der Waals surface area contributed by atoms with Crippen molar-refractivity contribution >= 4 is 0 Å². The van der Waals surface area contributed by atoms with Gasteiger partial charge in [-0.1, -0.05) is 66.7 Å². The minimum absolute atomic E-state index is 0.188. The molecule has 2 aromatic carbocycles. The Hall–Kier alpha value is -2.45. The van der Waals surface area contributed by atoms with Crippen molar-refractivity contribution in [3.63, 3.8) is 0 Å². The summed E-state index contributed by atoms with van der Waals surface area (Å²) in [6.07, 6.45) is 3.70. The van der Waals surface area contributed by atoms with Gasteiger partial charge in [0.2, 0.25) is 0 Å². The summed E-state index contributed by atoms with van der Waals surface area (Å²) in [7, 11) is 0. The van der Waals surface area contributed by atoms with E-state index < -0.39 is 0 Å². The van der Waals surface area contributed by atoms with E-state index in [4.69, 9.17) is 0 Å². The lowest BCUT2D eigenvalue weighted by molar-refractivity contribution is 0.604. The van der Waals surface area contributed by atoms with E-state index in [9.17, 15) is 0 Å². The quantitative estimate of drug-likeness (QED) is 0.761. The average molecular weight is 274 g/mol. The molecule has 0 amide bonds. The van der Waals surface area contributed by atoms with Gasteiger partial charge in [-0.3, -0.25) is 4.98 Å². The predicted octanol–water partition coefficient (Wildman–Crippen LogP) is 3.96. The van der Waals surface area contributed by atoms with Gasteiger partial charge in [-0.05, 0) is 22.8 Å². The van der Waals surface area contributed by atoms with E-state index in [1.165, 1.54) is 16.7 Å². The molecule has 0 bridgehead atoms. The zero-order chi connectivity index (χ0) is 14.3. The Morgan fingerprint density at radius 1 is 0.762 bits per heavy atom. The Labute approximate surface area is 125 Å². The molecule has 1 N–H and O–H groups in total. The van der Waals surface area contributed by atoms with E-state index in [0.29, 0.717) is 0 Å². The maximum atomic E-state index is 4.17. The molecule has 21 heavy (non-hydrogen) atoms. The fourth-order valence-corrected chi connectivity index (χ4v) is 2.44. The Morgan fingerprint density at radius 3 is 1.90 bits per heavy atom. The van der Waals surface area contributed by atoms with Crippen molar-refractivity contribution in [2.45, 2.75) is 12.6 Å². The molecule has 0 fully saturated rings. The van der Waals surface area contributed by atoms with Gasteiger partial charge < -0.3 is 5.32 Å². The van der Waals surface area contributed by atoms with E-state index in [1.807, 2.05) is 24.4 Å². The third kappa shape index (κ3) is 3.56. The van der Waals surface area contributed by atoms with Crippen LogP contribution in [0.15, 0.2) is 85.2 Å². The van der Waals surface area contributed by atoms with Crippen molar-refractivity contribution in [3.05, 3.63) is 102 Å². The lowest BCUT2D eigenvalue weighted by Gasteiger charge is -2.20. The molecule has 104 valence electrons. The summed E-state index contributed by atoms with van der Waals surface area (Å²) < 4.78 is 0. The molecule has 0 unspecified atom stereocenters. The monoisotopic (exact) mass is 274 g/mol. The van der Waals surface area contributed by atoms with Crippen LogP contribution in [0.1, 0.15) is 22.7 Å². The first kappa shape index (κ1) is 13.5. The molecule has 0 saturated heterocycles. The highest BCUT2D eigenvalue weighted by Gasteiger charge is 2.12. The topological polar surface area (TPSA) is 24.9 Å². The third-order valence-electron chi connectivity index (χ3n) is 3.50. The summed E-state index contributed by atoms with van der Waals surface area (Å²) in [5, 5.41) is 3.63. The molecule has 3 rings (SSSR count). The van der Waals surface area contributed by atoms with Crippen molar-refractivity contribution in [3.8, 4) is 0 Å². The number of hydrogen-bond acceptors (Lipinski definition) is 2. The molecule has 0 aliphatic heterocycles. The van der Waals surface area contributed by atoms with Gasteiger partial charge in [0.25, 0.3) is 0 Å². The minimum atomic E-state index is 0.188. The summed E-state index contributed by atoms with van der Waals surface area (Å²) in [4.78, 5) is 4.17. The molecule has 2 nitrogen and oxygen atoms in total. The Bertz CT molecular complexity index is 611. The molecule has 0 atom stereocenters. The highest BCUT2D eigenvalue weighted by atomic mass is 14.9. The van der Waals surface area contributed by atoms with E-state index in [0.717, 1.165) is 6.54 Å². The molecule has 0 spiro atoms. The van der Waals surface area contributed by atoms with Crippen LogP contribution in [0.3, 0.4) is 0 Å². The lowest BCUT2D eigenvalue weighted by Crippen LogP contribution is -2.22. The molecule has 0 saturated carbocycles. The van der Waals surface area contributed by atoms with Crippen LogP contribution in [0.2, 0.25) is 0 Å². The van der Waals surface area contributed by atoms with Gasteiger partial charge in [0.1, 0.15) is 0 Å². The van der Waals surface area contributed by atoms with Crippen LogP contribution in [-0.4, -0.2) is 4.98 Å². The van der Waals surface area contributed by atoms with E-state index in [-0.39, 0.29) is 6.04 Å². The molecule has 1 aromatic heterocycles. The second-order valence-corrected chi connectivity index (χ2v) is 5.00. The van der Waals surface area contributed by atoms with Crippen LogP contribution >= 0.6 is 0 Å². The highest BCUT2D eigenvalue weighted by molar-refractivity contribution is 5.31. The first-order chi connectivity index (χ1) is 10.4. The Balaban J connectivity index is 1.83. The van der Waals surface area contributed by atoms with Crippen LogP contribution in [0.25, 0.3) is 0 Å². The van der Waals surface area contributed by atoms with Crippen molar-refractivity contribution < 1.29 is 0 Å². The molecule has 1 heterocycles. The smallest absolute Gasteiger partial charge is 0.0579 e. The van der Waals surface area contributed by atoms with Crippen molar-refractivity contribution in [1.29, 1.82) is 0 Å². The normalized spacial score (nSPS) is 10.7. The largest absolute Gasteiger partial charge is 0.302 e. The maximum Gasteiger partial charge on any atom is 0.0579 e. The predicted molar refractivity (Wildman–Crippen MR) is 85.8 cm³/mol. The van der Waals surface area contributed by atoms with Crippen LogP contribution in [0.5, 0.6) is 0 Å². The molecule has 2 heteroatoms. The number of nitrogens with zero attached hydrogens (tertiary/aromatic N) is 1. The zero-order valence-electron chi connectivity index (χ0n) is 11.8. The minimum Gasteiger partial charge on any atom is -0.302 e. The second-order valence-electron chi connectivity index (χ2n) is 5.00. The maximum absolute atomic E-state index is 4.17. The Kier molecular flexibility index (Phi) is 4.39. The number of nitrogens with one attached hydrogen (secondary N) is 1. The summed E-state index contributed by atoms with van der Waals surface area (Å²) >= 11 is 0. The summed E-state index contributed by atoms with van der Waals surface area (Å²) in [6, 6.07) is 25.3. The fourth-order valence-electron chi connectivity index (χ4n) is 2.44. The van der Waals surface area contributed by atoms with Crippen LogP contribution < -0.4 is 5.32 Å². The lowest BCUT2D eigenvalue weighted by atomic mass is 9.98. The third-order valence-corrected chi connectivity index (χ3v) is 3.50. The molecule has 0 aliphatic rings. The fraction of sp³-hybridized carbons (Fsp3) is 0.105. The standard InChI is InChI=1S/C19H18N2/c1-3-9-17(10-4-1)19(18-11-5-2-6-12-18)21-15-16-8-7-13-20-14-16/h1-14,19,21H,15H2.